The smallest absolute Gasteiger partial charge is 0.191 e. The topological polar surface area (TPSA) is 52.1 Å². The van der Waals surface area contributed by atoms with Crippen molar-refractivity contribution in [2.75, 3.05) is 63.9 Å². The molecule has 0 unspecified atom stereocenters. The van der Waals surface area contributed by atoms with Crippen LogP contribution in [0.3, 0.4) is 0 Å². The van der Waals surface area contributed by atoms with Crippen molar-refractivity contribution in [3.8, 4) is 0 Å². The molecular formula is C21H35FIN5O. The van der Waals surface area contributed by atoms with E-state index in [1.54, 1.807) is 6.07 Å². The first-order valence-corrected chi connectivity index (χ1v) is 10.6. The number of benzene rings is 1. The molecule has 0 amide bonds. The quantitative estimate of drug-likeness (QED) is 0.330. The highest BCUT2D eigenvalue weighted by Gasteiger charge is 2.15. The van der Waals surface area contributed by atoms with Crippen LogP contribution in [0.5, 0.6) is 0 Å². The second-order valence-corrected chi connectivity index (χ2v) is 7.41. The SMILES string of the molecule is CCNC(=NCc1ccc(N2CCOCC2)c(F)c1)NCCN1CCCCC1.I. The van der Waals surface area contributed by atoms with Crippen molar-refractivity contribution in [3.63, 3.8) is 0 Å². The highest BCUT2D eigenvalue weighted by molar-refractivity contribution is 14.0. The van der Waals surface area contributed by atoms with Gasteiger partial charge in [-0.25, -0.2) is 9.38 Å². The third-order valence-corrected chi connectivity index (χ3v) is 5.30. The van der Waals surface area contributed by atoms with Gasteiger partial charge in [-0.2, -0.15) is 0 Å². The number of anilines is 1. The van der Waals surface area contributed by atoms with Gasteiger partial charge in [0.1, 0.15) is 5.82 Å². The van der Waals surface area contributed by atoms with Gasteiger partial charge in [0.15, 0.2) is 5.96 Å². The number of piperidine rings is 1. The van der Waals surface area contributed by atoms with E-state index < -0.39 is 0 Å². The second kappa shape index (κ2) is 13.2. The van der Waals surface area contributed by atoms with Crippen LogP contribution in [-0.4, -0.2) is 69.9 Å². The average molecular weight is 519 g/mol. The Morgan fingerprint density at radius 1 is 1.10 bits per heavy atom. The Morgan fingerprint density at radius 2 is 1.86 bits per heavy atom. The van der Waals surface area contributed by atoms with E-state index in [-0.39, 0.29) is 29.8 Å². The summed E-state index contributed by atoms with van der Waals surface area (Å²) in [4.78, 5) is 9.16. The summed E-state index contributed by atoms with van der Waals surface area (Å²) >= 11 is 0. The van der Waals surface area contributed by atoms with Gasteiger partial charge in [0.25, 0.3) is 0 Å². The fourth-order valence-electron chi connectivity index (χ4n) is 3.74. The number of ether oxygens (including phenoxy) is 1. The molecule has 0 spiro atoms. The number of halogens is 2. The fourth-order valence-corrected chi connectivity index (χ4v) is 3.74. The molecule has 6 nitrogen and oxygen atoms in total. The predicted octanol–water partition coefficient (Wildman–Crippen LogP) is 2.82. The summed E-state index contributed by atoms with van der Waals surface area (Å²) in [6.07, 6.45) is 3.97. The van der Waals surface area contributed by atoms with Crippen LogP contribution >= 0.6 is 24.0 Å². The number of hydrogen-bond acceptors (Lipinski definition) is 4. The Kier molecular flexibility index (Phi) is 11.0. The third kappa shape index (κ3) is 7.90. The maximum absolute atomic E-state index is 14.5. The van der Waals surface area contributed by atoms with Gasteiger partial charge in [-0.3, -0.25) is 0 Å². The molecule has 8 heteroatoms. The van der Waals surface area contributed by atoms with Crippen molar-refractivity contribution >= 4 is 35.6 Å². The molecule has 1 aromatic carbocycles. The first-order chi connectivity index (χ1) is 13.8. The molecule has 2 heterocycles. The summed E-state index contributed by atoms with van der Waals surface area (Å²) in [6.45, 7) is 10.4. The minimum Gasteiger partial charge on any atom is -0.378 e. The molecule has 2 aliphatic heterocycles. The van der Waals surface area contributed by atoms with Crippen LogP contribution in [0, 0.1) is 5.82 Å². The van der Waals surface area contributed by atoms with Gasteiger partial charge in [-0.05, 0) is 50.6 Å². The molecule has 0 atom stereocenters. The molecule has 2 fully saturated rings. The highest BCUT2D eigenvalue weighted by Crippen LogP contribution is 2.22. The van der Waals surface area contributed by atoms with Gasteiger partial charge in [0, 0.05) is 32.7 Å². The Labute approximate surface area is 191 Å². The number of nitrogens with zero attached hydrogens (tertiary/aromatic N) is 3. The summed E-state index contributed by atoms with van der Waals surface area (Å²) < 4.78 is 19.9. The normalized spacial score (nSPS) is 18.3. The maximum Gasteiger partial charge on any atom is 0.191 e. The van der Waals surface area contributed by atoms with Gasteiger partial charge < -0.3 is 25.2 Å². The number of rotatable bonds is 7. The second-order valence-electron chi connectivity index (χ2n) is 7.41. The van der Waals surface area contributed by atoms with Gasteiger partial charge in [0.2, 0.25) is 0 Å². The Bertz CT molecular complexity index is 633. The average Bonchev–Trinajstić information content (AvgIpc) is 2.73. The lowest BCUT2D eigenvalue weighted by Crippen LogP contribution is -2.42. The van der Waals surface area contributed by atoms with E-state index in [2.05, 4.69) is 27.4 Å². The van der Waals surface area contributed by atoms with Crippen molar-refractivity contribution in [1.29, 1.82) is 0 Å². The van der Waals surface area contributed by atoms with Crippen molar-refractivity contribution in [1.82, 2.24) is 15.5 Å². The Balaban J connectivity index is 0.00000300. The van der Waals surface area contributed by atoms with Crippen molar-refractivity contribution in [3.05, 3.63) is 29.6 Å². The first-order valence-electron chi connectivity index (χ1n) is 10.6. The lowest BCUT2D eigenvalue weighted by molar-refractivity contribution is 0.122. The highest BCUT2D eigenvalue weighted by atomic mass is 127. The van der Waals surface area contributed by atoms with Crippen LogP contribution in [0.4, 0.5) is 10.1 Å². The molecule has 0 aliphatic carbocycles. The zero-order chi connectivity index (χ0) is 19.6. The van der Waals surface area contributed by atoms with E-state index in [0.29, 0.717) is 25.4 Å². The molecule has 2 saturated heterocycles. The number of nitrogens with one attached hydrogen (secondary N) is 2. The summed E-state index contributed by atoms with van der Waals surface area (Å²) in [5.41, 5.74) is 1.53. The molecule has 164 valence electrons. The van der Waals surface area contributed by atoms with Crippen LogP contribution < -0.4 is 15.5 Å². The van der Waals surface area contributed by atoms with Crippen molar-refractivity contribution in [2.24, 2.45) is 4.99 Å². The molecule has 1 aromatic rings. The van der Waals surface area contributed by atoms with E-state index in [0.717, 1.165) is 44.2 Å². The first kappa shape index (κ1) is 24.1. The summed E-state index contributed by atoms with van der Waals surface area (Å²) in [5, 5.41) is 6.67. The van der Waals surface area contributed by atoms with E-state index >= 15 is 0 Å². The van der Waals surface area contributed by atoms with E-state index in [1.807, 2.05) is 17.0 Å². The van der Waals surface area contributed by atoms with Gasteiger partial charge >= 0.3 is 0 Å². The van der Waals surface area contributed by atoms with Crippen LogP contribution in [0.15, 0.2) is 23.2 Å². The summed E-state index contributed by atoms with van der Waals surface area (Å²) in [6, 6.07) is 5.43. The number of likely N-dealkylation sites (tertiary alicyclic amines) is 1. The summed E-state index contributed by atoms with van der Waals surface area (Å²) in [7, 11) is 0. The molecule has 3 rings (SSSR count). The fraction of sp³-hybridized carbons (Fsp3) is 0.667. The number of guanidine groups is 1. The largest absolute Gasteiger partial charge is 0.378 e. The molecule has 0 radical (unpaired) electrons. The van der Waals surface area contributed by atoms with Crippen LogP contribution in [0.2, 0.25) is 0 Å². The van der Waals surface area contributed by atoms with Crippen LogP contribution in [-0.2, 0) is 11.3 Å². The predicted molar refractivity (Wildman–Crippen MR) is 128 cm³/mol. The monoisotopic (exact) mass is 519 g/mol. The molecule has 0 bridgehead atoms. The zero-order valence-corrected chi connectivity index (χ0v) is 19.8. The van der Waals surface area contributed by atoms with Gasteiger partial charge in [-0.15, -0.1) is 24.0 Å². The van der Waals surface area contributed by atoms with Crippen LogP contribution in [0.25, 0.3) is 0 Å². The van der Waals surface area contributed by atoms with Gasteiger partial charge in [0.05, 0.1) is 25.4 Å². The number of morpholine rings is 1. The number of hydrogen-bond donors (Lipinski definition) is 2. The van der Waals surface area contributed by atoms with Crippen molar-refractivity contribution in [2.45, 2.75) is 32.7 Å². The molecular weight excluding hydrogens is 484 g/mol. The molecule has 29 heavy (non-hydrogen) atoms. The summed E-state index contributed by atoms with van der Waals surface area (Å²) in [5.74, 6) is 0.606. The minimum atomic E-state index is -0.183. The molecule has 2 N–H and O–H groups in total. The standard InChI is InChI=1S/C21H34FN5O.HI/c1-2-23-21(24-8-11-26-9-4-3-5-10-26)25-17-18-6-7-20(19(22)16-18)27-12-14-28-15-13-27;/h6-7,16H,2-5,8-15,17H2,1H3,(H2,23,24,25);1H. The molecule has 0 aromatic heterocycles. The van der Waals surface area contributed by atoms with Crippen LogP contribution in [0.1, 0.15) is 31.7 Å². The Morgan fingerprint density at radius 3 is 2.55 bits per heavy atom. The van der Waals surface area contributed by atoms with Gasteiger partial charge in [-0.1, -0.05) is 12.5 Å². The zero-order valence-electron chi connectivity index (χ0n) is 17.5. The maximum atomic E-state index is 14.5. The lowest BCUT2D eigenvalue weighted by Gasteiger charge is -2.29. The number of aliphatic imine (C=N–C) groups is 1. The minimum absolute atomic E-state index is 0. The third-order valence-electron chi connectivity index (χ3n) is 5.30. The van der Waals surface area contributed by atoms with E-state index in [4.69, 9.17) is 4.74 Å². The van der Waals surface area contributed by atoms with Crippen molar-refractivity contribution < 1.29 is 9.13 Å². The molecule has 2 aliphatic rings. The Hall–Kier alpha value is -1.13. The van der Waals surface area contributed by atoms with E-state index in [9.17, 15) is 4.39 Å². The molecule has 0 saturated carbocycles. The lowest BCUT2D eigenvalue weighted by atomic mass is 10.1. The van der Waals surface area contributed by atoms with E-state index in [1.165, 1.54) is 32.4 Å².